The van der Waals surface area contributed by atoms with Gasteiger partial charge in [0.05, 0.1) is 18.8 Å². The molecule has 0 radical (unpaired) electrons. The van der Waals surface area contributed by atoms with Gasteiger partial charge in [-0.05, 0) is 36.8 Å². The summed E-state index contributed by atoms with van der Waals surface area (Å²) >= 11 is 0. The minimum atomic E-state index is -4.47. The highest BCUT2D eigenvalue weighted by Crippen LogP contribution is 2.28. The second-order valence-corrected chi connectivity index (χ2v) is 6.66. The summed E-state index contributed by atoms with van der Waals surface area (Å²) in [6.07, 6.45) is 0. The number of benzene rings is 2. The average Bonchev–Trinajstić information content (AvgIpc) is 2.48. The molecular formula is C15H14F3NO3S. The lowest BCUT2D eigenvalue weighted by molar-refractivity contribution is 0.306. The van der Waals surface area contributed by atoms with Crippen LogP contribution in [0.3, 0.4) is 0 Å². The van der Waals surface area contributed by atoms with E-state index < -0.39 is 51.2 Å². The molecule has 0 atom stereocenters. The fourth-order valence-electron chi connectivity index (χ4n) is 2.07. The number of sulfonamides is 1. The van der Waals surface area contributed by atoms with Gasteiger partial charge in [-0.2, -0.15) is 0 Å². The quantitative estimate of drug-likeness (QED) is 0.906. The second kappa shape index (κ2) is 6.59. The van der Waals surface area contributed by atoms with Gasteiger partial charge in [0.25, 0.3) is 10.0 Å². The largest absolute Gasteiger partial charge is 0.394 e. The molecule has 0 spiro atoms. The third kappa shape index (κ3) is 3.48. The minimum Gasteiger partial charge on any atom is -0.394 e. The van der Waals surface area contributed by atoms with E-state index in [4.69, 9.17) is 5.11 Å². The van der Waals surface area contributed by atoms with Crippen LogP contribution in [0.4, 0.5) is 18.9 Å². The van der Waals surface area contributed by atoms with E-state index >= 15 is 0 Å². The molecule has 0 fully saturated rings. The molecule has 1 N–H and O–H groups in total. The molecule has 8 heteroatoms. The lowest BCUT2D eigenvalue weighted by Gasteiger charge is -2.24. The van der Waals surface area contributed by atoms with Crippen LogP contribution >= 0.6 is 0 Å². The molecule has 124 valence electrons. The summed E-state index contributed by atoms with van der Waals surface area (Å²) in [5.74, 6) is -3.01. The van der Waals surface area contributed by atoms with Gasteiger partial charge < -0.3 is 5.11 Å². The van der Waals surface area contributed by atoms with Gasteiger partial charge in [-0.3, -0.25) is 4.31 Å². The zero-order valence-electron chi connectivity index (χ0n) is 12.1. The first-order valence-electron chi connectivity index (χ1n) is 6.62. The van der Waals surface area contributed by atoms with Crippen LogP contribution in [-0.4, -0.2) is 26.7 Å². The maximum Gasteiger partial charge on any atom is 0.267 e. The third-order valence-corrected chi connectivity index (χ3v) is 4.96. The third-order valence-electron chi connectivity index (χ3n) is 3.14. The Bertz CT molecular complexity index is 825. The minimum absolute atomic E-state index is 0.471. The Hall–Kier alpha value is -2.06. The number of hydrogen-bond donors (Lipinski definition) is 1. The fraction of sp³-hybridized carbons (Fsp3) is 0.200. The Balaban J connectivity index is 2.62. The number of aliphatic hydroxyl groups excluding tert-OH is 1. The van der Waals surface area contributed by atoms with E-state index in [1.807, 2.05) is 0 Å². The van der Waals surface area contributed by atoms with E-state index in [2.05, 4.69) is 0 Å². The van der Waals surface area contributed by atoms with E-state index in [9.17, 15) is 21.6 Å². The Labute approximate surface area is 131 Å². The number of nitrogens with zero attached hydrogens (tertiary/aromatic N) is 1. The summed E-state index contributed by atoms with van der Waals surface area (Å²) in [5, 5.41) is 9.08. The zero-order valence-corrected chi connectivity index (χ0v) is 12.9. The summed E-state index contributed by atoms with van der Waals surface area (Å²) < 4.78 is 66.7. The number of halogens is 3. The molecule has 4 nitrogen and oxygen atoms in total. The van der Waals surface area contributed by atoms with Crippen LogP contribution in [0, 0.1) is 24.4 Å². The molecule has 0 aromatic heterocycles. The summed E-state index contributed by atoms with van der Waals surface area (Å²) in [6, 6.07) is 5.80. The number of anilines is 1. The topological polar surface area (TPSA) is 57.6 Å². The highest BCUT2D eigenvalue weighted by Gasteiger charge is 2.29. The number of hydrogen-bond acceptors (Lipinski definition) is 3. The van der Waals surface area contributed by atoms with E-state index in [1.165, 1.54) is 6.07 Å². The van der Waals surface area contributed by atoms with E-state index in [-0.39, 0.29) is 0 Å². The molecular weight excluding hydrogens is 331 g/mol. The van der Waals surface area contributed by atoms with Crippen LogP contribution < -0.4 is 4.31 Å². The molecule has 0 heterocycles. The number of rotatable bonds is 5. The monoisotopic (exact) mass is 345 g/mol. The maximum absolute atomic E-state index is 13.9. The van der Waals surface area contributed by atoms with Crippen molar-refractivity contribution in [1.29, 1.82) is 0 Å². The first-order chi connectivity index (χ1) is 10.8. The normalized spacial score (nSPS) is 11.5. The van der Waals surface area contributed by atoms with E-state index in [1.54, 1.807) is 6.92 Å². The van der Waals surface area contributed by atoms with Gasteiger partial charge in [0.15, 0.2) is 0 Å². The van der Waals surface area contributed by atoms with E-state index in [0.29, 0.717) is 15.9 Å². The van der Waals surface area contributed by atoms with Crippen molar-refractivity contribution in [2.45, 2.75) is 11.8 Å². The lowest BCUT2D eigenvalue weighted by Crippen LogP contribution is -2.35. The smallest absolute Gasteiger partial charge is 0.267 e. The Morgan fingerprint density at radius 1 is 1.04 bits per heavy atom. The van der Waals surface area contributed by atoms with Gasteiger partial charge in [-0.1, -0.05) is 6.07 Å². The standard InChI is InChI=1S/C15H14F3NO3S/c1-10-2-4-12(17)15(8-10)23(21,22)19(6-7-20)14-5-3-11(16)9-13(14)18/h2-5,8-9,20H,6-7H2,1H3. The molecule has 0 aliphatic carbocycles. The number of aliphatic hydroxyl groups is 1. The average molecular weight is 345 g/mol. The van der Waals surface area contributed by atoms with Crippen LogP contribution in [0.15, 0.2) is 41.3 Å². The molecule has 23 heavy (non-hydrogen) atoms. The van der Waals surface area contributed by atoms with Crippen LogP contribution in [0.25, 0.3) is 0 Å². The van der Waals surface area contributed by atoms with Crippen molar-refractivity contribution in [3.05, 3.63) is 59.4 Å². The predicted molar refractivity (Wildman–Crippen MR) is 79.1 cm³/mol. The predicted octanol–water partition coefficient (Wildman–Crippen LogP) is 2.60. The molecule has 0 bridgehead atoms. The van der Waals surface area contributed by atoms with E-state index in [0.717, 1.165) is 24.3 Å². The molecule has 0 saturated carbocycles. The Morgan fingerprint density at radius 2 is 1.74 bits per heavy atom. The van der Waals surface area contributed by atoms with Gasteiger partial charge in [0, 0.05) is 6.07 Å². The van der Waals surface area contributed by atoms with Crippen molar-refractivity contribution >= 4 is 15.7 Å². The highest BCUT2D eigenvalue weighted by molar-refractivity contribution is 7.92. The molecule has 2 rings (SSSR count). The van der Waals surface area contributed by atoms with Crippen molar-refractivity contribution in [3.8, 4) is 0 Å². The van der Waals surface area contributed by atoms with Gasteiger partial charge in [-0.15, -0.1) is 0 Å². The van der Waals surface area contributed by atoms with Crippen molar-refractivity contribution in [2.75, 3.05) is 17.5 Å². The SMILES string of the molecule is Cc1ccc(F)c(S(=O)(=O)N(CCO)c2ccc(F)cc2F)c1. The lowest BCUT2D eigenvalue weighted by atomic mass is 10.2. The van der Waals surface area contributed by atoms with Crippen molar-refractivity contribution in [3.63, 3.8) is 0 Å². The van der Waals surface area contributed by atoms with Crippen LogP contribution in [0.1, 0.15) is 5.56 Å². The molecule has 0 amide bonds. The van der Waals surface area contributed by atoms with Crippen molar-refractivity contribution in [1.82, 2.24) is 0 Å². The van der Waals surface area contributed by atoms with Gasteiger partial charge in [0.2, 0.25) is 0 Å². The van der Waals surface area contributed by atoms with Gasteiger partial charge in [0.1, 0.15) is 22.3 Å². The van der Waals surface area contributed by atoms with Crippen LogP contribution in [0.5, 0.6) is 0 Å². The fourth-order valence-corrected chi connectivity index (χ4v) is 3.69. The van der Waals surface area contributed by atoms with Crippen LogP contribution in [0.2, 0.25) is 0 Å². The highest BCUT2D eigenvalue weighted by atomic mass is 32.2. The Morgan fingerprint density at radius 3 is 2.35 bits per heavy atom. The zero-order chi connectivity index (χ0) is 17.2. The summed E-state index contributed by atoms with van der Waals surface area (Å²) in [6.45, 7) is 0.453. The molecule has 0 saturated heterocycles. The summed E-state index contributed by atoms with van der Waals surface area (Å²) in [7, 11) is -4.47. The number of aryl methyl sites for hydroxylation is 1. The second-order valence-electron chi connectivity index (χ2n) is 4.83. The summed E-state index contributed by atoms with van der Waals surface area (Å²) in [4.78, 5) is -0.644. The molecule has 0 aliphatic rings. The molecule has 0 unspecified atom stereocenters. The first kappa shape index (κ1) is 17.3. The van der Waals surface area contributed by atoms with Gasteiger partial charge in [-0.25, -0.2) is 21.6 Å². The maximum atomic E-state index is 13.9. The Kier molecular flexibility index (Phi) is 4.96. The molecule has 0 aliphatic heterocycles. The molecule has 2 aromatic rings. The summed E-state index contributed by atoms with van der Waals surface area (Å²) in [5.41, 5.74) is 0.0230. The van der Waals surface area contributed by atoms with Crippen LogP contribution in [-0.2, 0) is 10.0 Å². The van der Waals surface area contributed by atoms with Crippen molar-refractivity contribution < 1.29 is 26.7 Å². The van der Waals surface area contributed by atoms with Gasteiger partial charge >= 0.3 is 0 Å². The van der Waals surface area contributed by atoms with Crippen molar-refractivity contribution in [2.24, 2.45) is 0 Å². The molecule has 2 aromatic carbocycles. The first-order valence-corrected chi connectivity index (χ1v) is 8.06.